The third-order valence-electron chi connectivity index (χ3n) is 16.2. The van der Waals surface area contributed by atoms with Gasteiger partial charge in [0.05, 0.1) is 44.5 Å². The monoisotopic (exact) mass is 1030 g/mol. The van der Waals surface area contributed by atoms with E-state index in [2.05, 4.69) is 305 Å². The summed E-state index contributed by atoms with van der Waals surface area (Å²) in [4.78, 5) is 16.9. The van der Waals surface area contributed by atoms with E-state index in [1.807, 2.05) is 0 Å². The summed E-state index contributed by atoms with van der Waals surface area (Å²) in [7, 11) is 0. The molecular formula is C75H48N6. The van der Waals surface area contributed by atoms with Gasteiger partial charge in [0.15, 0.2) is 11.6 Å². The molecule has 0 aliphatic heterocycles. The molecule has 81 heavy (non-hydrogen) atoms. The van der Waals surface area contributed by atoms with Crippen LogP contribution in [0.25, 0.3) is 150 Å². The Kier molecular flexibility index (Phi) is 10.8. The molecule has 0 aliphatic rings. The molecule has 0 atom stereocenters. The second-order valence-electron chi connectivity index (χ2n) is 20.7. The van der Waals surface area contributed by atoms with Gasteiger partial charge in [-0.2, -0.15) is 9.97 Å². The van der Waals surface area contributed by atoms with Crippen molar-refractivity contribution in [2.24, 2.45) is 0 Å². The summed E-state index contributed by atoms with van der Waals surface area (Å²) in [5.41, 5.74) is 19.4. The minimum absolute atomic E-state index is 0.518. The normalized spacial score (nSPS) is 11.7. The van der Waals surface area contributed by atoms with Crippen LogP contribution in [0.3, 0.4) is 0 Å². The number of hydrogen-bond acceptors (Lipinski definition) is 3. The zero-order valence-corrected chi connectivity index (χ0v) is 43.9. The minimum atomic E-state index is 0.518. The summed E-state index contributed by atoms with van der Waals surface area (Å²) >= 11 is 0. The lowest BCUT2D eigenvalue weighted by molar-refractivity contribution is 0.950. The second-order valence-corrected chi connectivity index (χ2v) is 20.7. The lowest BCUT2D eigenvalue weighted by atomic mass is 9.97. The van der Waals surface area contributed by atoms with Gasteiger partial charge in [-0.15, -0.1) is 0 Å². The molecule has 0 N–H and O–H groups in total. The highest BCUT2D eigenvalue weighted by atomic mass is 15.2. The molecule has 0 bridgehead atoms. The Morgan fingerprint density at radius 1 is 0.198 bits per heavy atom. The quantitative estimate of drug-likeness (QED) is 0.145. The first-order chi connectivity index (χ1) is 40.2. The Morgan fingerprint density at radius 3 is 0.864 bits per heavy atom. The van der Waals surface area contributed by atoms with Gasteiger partial charge in [0, 0.05) is 43.4 Å². The van der Waals surface area contributed by atoms with Crippen molar-refractivity contribution in [2.45, 2.75) is 0 Å². The molecule has 0 unspecified atom stereocenters. The fourth-order valence-corrected chi connectivity index (χ4v) is 12.4. The molecule has 0 saturated heterocycles. The van der Waals surface area contributed by atoms with Crippen LogP contribution in [-0.4, -0.2) is 28.7 Å². The number of fused-ring (bicyclic) bond motifs is 9. The highest BCUT2D eigenvalue weighted by Crippen LogP contribution is 2.42. The standard InChI is InChI=1S/C75H48N6/c1-3-19-49(20-4-1)51-35-39-53(40-36-51)55-43-45-71-63(47-55)64-48-56(54-41-37-52(38-42-54)50-21-5-2-6-22-50)44-46-72(64)81(71)75-77-73(61-27-11-17-33-69(61)79-65-29-13-7-23-57(65)58-24-8-14-30-66(58)79)76-74(78-75)62-28-12-18-34-70(62)80-67-31-15-9-25-59(67)60-26-10-16-32-68(60)80/h1-48H. The van der Waals surface area contributed by atoms with Crippen molar-refractivity contribution in [3.05, 3.63) is 291 Å². The molecule has 4 aromatic heterocycles. The van der Waals surface area contributed by atoms with Gasteiger partial charge in [-0.1, -0.05) is 218 Å². The molecule has 6 nitrogen and oxygen atoms in total. The van der Waals surface area contributed by atoms with Crippen LogP contribution in [0.4, 0.5) is 0 Å². The van der Waals surface area contributed by atoms with Gasteiger partial charge in [-0.25, -0.2) is 4.98 Å². The summed E-state index contributed by atoms with van der Waals surface area (Å²) in [6.45, 7) is 0. The molecule has 16 aromatic rings. The Labute approximate surface area is 467 Å². The highest BCUT2D eigenvalue weighted by Gasteiger charge is 2.24. The molecule has 0 fully saturated rings. The van der Waals surface area contributed by atoms with Crippen LogP contribution in [0.1, 0.15) is 0 Å². The fraction of sp³-hybridized carbons (Fsp3) is 0. The summed E-state index contributed by atoms with van der Waals surface area (Å²) in [5, 5.41) is 6.92. The average molecular weight is 1030 g/mol. The van der Waals surface area contributed by atoms with Gasteiger partial charge in [-0.05, 0) is 117 Å². The smallest absolute Gasteiger partial charge is 0.238 e. The van der Waals surface area contributed by atoms with Gasteiger partial charge in [0.25, 0.3) is 0 Å². The summed E-state index contributed by atoms with van der Waals surface area (Å²) < 4.78 is 6.96. The molecule has 0 radical (unpaired) electrons. The fourth-order valence-electron chi connectivity index (χ4n) is 12.4. The lowest BCUT2D eigenvalue weighted by Gasteiger charge is -2.17. The Hall–Kier alpha value is -11.0. The van der Waals surface area contributed by atoms with Crippen molar-refractivity contribution in [3.63, 3.8) is 0 Å². The lowest BCUT2D eigenvalue weighted by Crippen LogP contribution is -2.09. The first kappa shape index (κ1) is 46.2. The predicted molar refractivity (Wildman–Crippen MR) is 335 cm³/mol. The Balaban J connectivity index is 0.949. The van der Waals surface area contributed by atoms with Crippen LogP contribution < -0.4 is 0 Å². The zero-order valence-electron chi connectivity index (χ0n) is 43.9. The van der Waals surface area contributed by atoms with Gasteiger partial charge in [0.2, 0.25) is 5.95 Å². The summed E-state index contributed by atoms with van der Waals surface area (Å²) in [6.07, 6.45) is 0. The average Bonchev–Trinajstić information content (AvgIpc) is 4.21. The van der Waals surface area contributed by atoms with Crippen molar-refractivity contribution >= 4 is 65.4 Å². The molecule has 16 rings (SSSR count). The number of aromatic nitrogens is 6. The molecule has 0 amide bonds. The highest BCUT2D eigenvalue weighted by molar-refractivity contribution is 6.13. The number of rotatable bonds is 9. The van der Waals surface area contributed by atoms with Gasteiger partial charge >= 0.3 is 0 Å². The number of nitrogens with zero attached hydrogens (tertiary/aromatic N) is 6. The summed E-state index contributed by atoms with van der Waals surface area (Å²) in [6, 6.07) is 104. The largest absolute Gasteiger partial charge is 0.309 e. The molecule has 0 aliphatic carbocycles. The molecule has 378 valence electrons. The maximum Gasteiger partial charge on any atom is 0.238 e. The van der Waals surface area contributed by atoms with Crippen LogP contribution in [-0.2, 0) is 0 Å². The molecule has 0 spiro atoms. The van der Waals surface area contributed by atoms with E-state index in [0.29, 0.717) is 17.6 Å². The van der Waals surface area contributed by atoms with Crippen molar-refractivity contribution < 1.29 is 0 Å². The van der Waals surface area contributed by atoms with E-state index >= 15 is 0 Å². The molecule has 12 aromatic carbocycles. The van der Waals surface area contributed by atoms with Gasteiger partial charge in [0.1, 0.15) is 0 Å². The topological polar surface area (TPSA) is 53.5 Å². The third-order valence-corrected chi connectivity index (χ3v) is 16.2. The molecule has 0 saturated carbocycles. The first-order valence-corrected chi connectivity index (χ1v) is 27.5. The van der Waals surface area contributed by atoms with Crippen LogP contribution in [0.5, 0.6) is 0 Å². The van der Waals surface area contributed by atoms with E-state index in [9.17, 15) is 0 Å². The van der Waals surface area contributed by atoms with E-state index in [-0.39, 0.29) is 0 Å². The van der Waals surface area contributed by atoms with Crippen molar-refractivity contribution in [3.8, 4) is 84.6 Å². The number of hydrogen-bond donors (Lipinski definition) is 0. The summed E-state index contributed by atoms with van der Waals surface area (Å²) in [5.74, 6) is 1.64. The Morgan fingerprint density at radius 2 is 0.481 bits per heavy atom. The second kappa shape index (κ2) is 18.9. The predicted octanol–water partition coefficient (Wildman–Crippen LogP) is 19.2. The number of benzene rings is 12. The third kappa shape index (κ3) is 7.68. The van der Waals surface area contributed by atoms with Crippen LogP contribution in [0, 0.1) is 0 Å². The van der Waals surface area contributed by atoms with E-state index in [1.165, 1.54) is 43.8 Å². The van der Waals surface area contributed by atoms with Crippen LogP contribution in [0.2, 0.25) is 0 Å². The van der Waals surface area contributed by atoms with Crippen LogP contribution in [0.15, 0.2) is 291 Å². The zero-order chi connectivity index (χ0) is 53.4. The maximum absolute atomic E-state index is 5.65. The van der Waals surface area contributed by atoms with Crippen molar-refractivity contribution in [1.29, 1.82) is 0 Å². The Bertz CT molecular complexity index is 4670. The van der Waals surface area contributed by atoms with E-state index < -0.39 is 0 Å². The SMILES string of the molecule is c1ccc(-c2ccc(-c3ccc4c(c3)c3cc(-c5ccc(-c6ccccc6)cc5)ccc3n4-c3nc(-c4ccccc4-n4c5ccccc5c5ccccc54)nc(-c4ccccc4-n4c5ccccc5c5ccccc54)n3)cc2)cc1. The molecule has 4 heterocycles. The van der Waals surface area contributed by atoms with Gasteiger partial charge < -0.3 is 9.13 Å². The van der Waals surface area contributed by atoms with Gasteiger partial charge in [-0.3, -0.25) is 4.57 Å². The first-order valence-electron chi connectivity index (χ1n) is 27.5. The minimum Gasteiger partial charge on any atom is -0.309 e. The van der Waals surface area contributed by atoms with E-state index in [1.54, 1.807) is 0 Å². The van der Waals surface area contributed by atoms with Crippen molar-refractivity contribution in [2.75, 3.05) is 0 Å². The van der Waals surface area contributed by atoms with Crippen molar-refractivity contribution in [1.82, 2.24) is 28.7 Å². The van der Waals surface area contributed by atoms with E-state index in [4.69, 9.17) is 15.0 Å². The number of para-hydroxylation sites is 6. The van der Waals surface area contributed by atoms with Crippen LogP contribution >= 0.6 is 0 Å². The van der Waals surface area contributed by atoms with E-state index in [0.717, 1.165) is 88.6 Å². The molecular weight excluding hydrogens is 985 g/mol. The maximum atomic E-state index is 5.65. The molecule has 6 heteroatoms.